The summed E-state index contributed by atoms with van der Waals surface area (Å²) in [5, 5.41) is 7.82. The first-order valence-electron chi connectivity index (χ1n) is 10.2. The standard InChI is InChI=1S/C23H22FN5O/c1-2-8-29-23(27-13-28-29)21-17(14-6-4-3-5-7-14)11-25-18-10-15(24)9-16-19(30)12-26-22(21)20(16)18/h3-7,9-10,13,17,21,25H,2,8,11-12H2,1H3. The van der Waals surface area contributed by atoms with Crippen LogP contribution in [0.4, 0.5) is 10.1 Å². The zero-order chi connectivity index (χ0) is 20.7. The Morgan fingerprint density at radius 1 is 1.23 bits per heavy atom. The van der Waals surface area contributed by atoms with Gasteiger partial charge in [0.25, 0.3) is 0 Å². The number of carbonyl (C=O) groups is 1. The number of hydrogen-bond acceptors (Lipinski definition) is 5. The number of carbonyl (C=O) groups excluding carboxylic acids is 1. The summed E-state index contributed by atoms with van der Waals surface area (Å²) in [5.41, 5.74) is 3.62. The quantitative estimate of drug-likeness (QED) is 0.719. The third-order valence-corrected chi connectivity index (χ3v) is 5.85. The summed E-state index contributed by atoms with van der Waals surface area (Å²) in [4.78, 5) is 21.9. The number of nitrogens with one attached hydrogen (secondary N) is 1. The second-order valence-corrected chi connectivity index (χ2v) is 7.72. The van der Waals surface area contributed by atoms with E-state index in [1.807, 2.05) is 22.9 Å². The van der Waals surface area contributed by atoms with E-state index in [1.54, 1.807) is 6.33 Å². The number of rotatable bonds is 4. The van der Waals surface area contributed by atoms with E-state index in [0.29, 0.717) is 23.4 Å². The molecule has 6 nitrogen and oxygen atoms in total. The first-order valence-corrected chi connectivity index (χ1v) is 10.2. The van der Waals surface area contributed by atoms with Gasteiger partial charge >= 0.3 is 0 Å². The number of benzene rings is 2. The molecule has 0 aliphatic carbocycles. The predicted octanol–water partition coefficient (Wildman–Crippen LogP) is 3.81. The van der Waals surface area contributed by atoms with Gasteiger partial charge in [0, 0.05) is 35.8 Å². The van der Waals surface area contributed by atoms with Crippen LogP contribution in [-0.2, 0) is 6.54 Å². The number of aliphatic imine (C=N–C) groups is 1. The summed E-state index contributed by atoms with van der Waals surface area (Å²) < 4.78 is 16.2. The zero-order valence-corrected chi connectivity index (χ0v) is 16.7. The molecular formula is C23H22FN5O. The molecule has 7 heteroatoms. The molecule has 0 radical (unpaired) electrons. The molecule has 2 unspecified atom stereocenters. The fraction of sp³-hybridized carbons (Fsp3) is 0.304. The molecule has 0 saturated heterocycles. The van der Waals surface area contributed by atoms with Gasteiger partial charge < -0.3 is 5.32 Å². The van der Waals surface area contributed by atoms with Crippen molar-refractivity contribution in [3.63, 3.8) is 0 Å². The Hall–Kier alpha value is -3.35. The smallest absolute Gasteiger partial charge is 0.185 e. The van der Waals surface area contributed by atoms with Crippen molar-refractivity contribution in [2.45, 2.75) is 31.7 Å². The van der Waals surface area contributed by atoms with Gasteiger partial charge in [0.05, 0.1) is 11.6 Å². The van der Waals surface area contributed by atoms with Gasteiger partial charge in [-0.05, 0) is 24.1 Å². The molecule has 2 aliphatic rings. The first-order chi connectivity index (χ1) is 14.7. The van der Waals surface area contributed by atoms with Gasteiger partial charge in [0.15, 0.2) is 5.78 Å². The van der Waals surface area contributed by atoms with Crippen molar-refractivity contribution in [2.24, 2.45) is 4.99 Å². The molecule has 2 aliphatic heterocycles. The van der Waals surface area contributed by atoms with Crippen LogP contribution >= 0.6 is 0 Å². The van der Waals surface area contributed by atoms with Crippen molar-refractivity contribution in [3.8, 4) is 0 Å². The molecule has 152 valence electrons. The number of nitrogens with zero attached hydrogens (tertiary/aromatic N) is 4. The minimum Gasteiger partial charge on any atom is -0.384 e. The van der Waals surface area contributed by atoms with Crippen molar-refractivity contribution in [1.29, 1.82) is 0 Å². The number of Topliss-reactive ketones (excluding diaryl/α,β-unsaturated/α-hetero) is 1. The van der Waals surface area contributed by atoms with E-state index in [9.17, 15) is 9.18 Å². The third-order valence-electron chi connectivity index (χ3n) is 5.85. The number of aryl methyl sites for hydroxylation is 1. The van der Waals surface area contributed by atoms with Crippen LogP contribution in [-0.4, -0.2) is 39.3 Å². The zero-order valence-electron chi connectivity index (χ0n) is 16.7. The molecule has 3 aromatic rings. The highest BCUT2D eigenvalue weighted by molar-refractivity contribution is 6.20. The molecular weight excluding hydrogens is 381 g/mol. The van der Waals surface area contributed by atoms with Gasteiger partial charge in [-0.1, -0.05) is 37.3 Å². The van der Waals surface area contributed by atoms with Crippen molar-refractivity contribution in [2.75, 3.05) is 18.4 Å². The number of halogens is 1. The van der Waals surface area contributed by atoms with E-state index in [0.717, 1.165) is 30.1 Å². The van der Waals surface area contributed by atoms with Crippen molar-refractivity contribution < 1.29 is 9.18 Å². The van der Waals surface area contributed by atoms with Crippen LogP contribution < -0.4 is 5.32 Å². The Labute approximate surface area is 173 Å². The molecule has 0 fully saturated rings. The maximum Gasteiger partial charge on any atom is 0.185 e. The summed E-state index contributed by atoms with van der Waals surface area (Å²) in [5.74, 6) is 0.0375. The summed E-state index contributed by atoms with van der Waals surface area (Å²) in [6.45, 7) is 3.43. The molecule has 0 amide bonds. The SMILES string of the molecule is CCCn1ncnc1C1C2=NCC(=O)c3cc(F)cc(c32)NCC1c1ccccc1. The summed E-state index contributed by atoms with van der Waals surface area (Å²) >= 11 is 0. The fourth-order valence-electron chi connectivity index (χ4n) is 4.56. The molecule has 0 saturated carbocycles. The largest absolute Gasteiger partial charge is 0.384 e. The Balaban J connectivity index is 1.75. The van der Waals surface area contributed by atoms with E-state index < -0.39 is 5.82 Å². The van der Waals surface area contributed by atoms with Crippen LogP contribution in [0.15, 0.2) is 53.8 Å². The lowest BCUT2D eigenvalue weighted by Gasteiger charge is -2.28. The first kappa shape index (κ1) is 18.7. The minimum absolute atomic E-state index is 0.00118. The van der Waals surface area contributed by atoms with Crippen molar-refractivity contribution in [1.82, 2.24) is 14.8 Å². The van der Waals surface area contributed by atoms with Gasteiger partial charge in [0.2, 0.25) is 0 Å². The Bertz CT molecular complexity index is 1140. The lowest BCUT2D eigenvalue weighted by atomic mass is 9.78. The number of hydrogen-bond donors (Lipinski definition) is 1. The lowest BCUT2D eigenvalue weighted by molar-refractivity contribution is 0.0999. The van der Waals surface area contributed by atoms with Gasteiger partial charge in [-0.15, -0.1) is 0 Å². The average molecular weight is 403 g/mol. The Morgan fingerprint density at radius 3 is 2.87 bits per heavy atom. The monoisotopic (exact) mass is 403 g/mol. The average Bonchev–Trinajstić information content (AvgIpc) is 3.14. The molecule has 1 N–H and O–H groups in total. The number of anilines is 1. The fourth-order valence-corrected chi connectivity index (χ4v) is 4.56. The highest BCUT2D eigenvalue weighted by atomic mass is 19.1. The van der Waals surface area contributed by atoms with Gasteiger partial charge in [-0.25, -0.2) is 14.1 Å². The van der Waals surface area contributed by atoms with Crippen LogP contribution in [0.3, 0.4) is 0 Å². The van der Waals surface area contributed by atoms with Crippen molar-refractivity contribution >= 4 is 17.2 Å². The maximum absolute atomic E-state index is 14.3. The Kier molecular flexibility index (Phi) is 4.65. The molecule has 30 heavy (non-hydrogen) atoms. The molecule has 0 spiro atoms. The summed E-state index contributed by atoms with van der Waals surface area (Å²) in [6, 6.07) is 13.0. The maximum atomic E-state index is 14.3. The van der Waals surface area contributed by atoms with Crippen LogP contribution in [0.2, 0.25) is 0 Å². The molecule has 2 atom stereocenters. The van der Waals surface area contributed by atoms with Crippen LogP contribution in [0.25, 0.3) is 0 Å². The summed E-state index contributed by atoms with van der Waals surface area (Å²) in [6.07, 6.45) is 2.50. The van der Waals surface area contributed by atoms with Crippen LogP contribution in [0.1, 0.15) is 52.5 Å². The van der Waals surface area contributed by atoms with E-state index in [4.69, 9.17) is 4.99 Å². The van der Waals surface area contributed by atoms with E-state index in [1.165, 1.54) is 12.1 Å². The third kappa shape index (κ3) is 3.01. The summed E-state index contributed by atoms with van der Waals surface area (Å²) in [7, 11) is 0. The molecule has 2 aromatic carbocycles. The van der Waals surface area contributed by atoms with E-state index in [2.05, 4.69) is 34.5 Å². The number of aromatic nitrogens is 3. The normalized spacial score (nSPS) is 20.2. The Morgan fingerprint density at radius 2 is 2.07 bits per heavy atom. The van der Waals surface area contributed by atoms with E-state index in [-0.39, 0.29) is 24.2 Å². The van der Waals surface area contributed by atoms with Gasteiger partial charge in [-0.3, -0.25) is 9.79 Å². The second kappa shape index (κ2) is 7.48. The second-order valence-electron chi connectivity index (χ2n) is 7.72. The number of ketones is 1. The molecule has 5 rings (SSSR count). The van der Waals surface area contributed by atoms with Crippen LogP contribution in [0, 0.1) is 5.82 Å². The van der Waals surface area contributed by atoms with Crippen molar-refractivity contribution in [3.05, 3.63) is 77.1 Å². The lowest BCUT2D eigenvalue weighted by Crippen LogP contribution is -2.30. The highest BCUT2D eigenvalue weighted by Gasteiger charge is 2.40. The van der Waals surface area contributed by atoms with Gasteiger partial charge in [0.1, 0.15) is 24.5 Å². The highest BCUT2D eigenvalue weighted by Crippen LogP contribution is 2.42. The molecule has 3 heterocycles. The molecule has 0 bridgehead atoms. The van der Waals surface area contributed by atoms with E-state index >= 15 is 0 Å². The molecule has 1 aromatic heterocycles. The minimum atomic E-state index is -0.422. The van der Waals surface area contributed by atoms with Crippen LogP contribution in [0.5, 0.6) is 0 Å². The van der Waals surface area contributed by atoms with Gasteiger partial charge in [-0.2, -0.15) is 5.10 Å². The topological polar surface area (TPSA) is 72.2 Å². The predicted molar refractivity (Wildman–Crippen MR) is 113 cm³/mol.